The maximum atomic E-state index is 12.6. The maximum absolute atomic E-state index is 12.6. The third kappa shape index (κ3) is 3.60. The highest BCUT2D eigenvalue weighted by Gasteiger charge is 2.13. The van der Waals surface area contributed by atoms with Crippen molar-refractivity contribution in [2.24, 2.45) is 0 Å². The van der Waals surface area contributed by atoms with Gasteiger partial charge in [-0.15, -0.1) is 0 Å². The highest BCUT2D eigenvalue weighted by Crippen LogP contribution is 2.19. The second kappa shape index (κ2) is 6.89. The summed E-state index contributed by atoms with van der Waals surface area (Å²) in [4.78, 5) is 23.5. The van der Waals surface area contributed by atoms with Crippen molar-refractivity contribution in [2.45, 2.75) is 20.4 Å². The number of amides is 1. The number of aryl methyl sites for hydroxylation is 2. The Kier molecular flexibility index (Phi) is 4.65. The molecule has 0 radical (unpaired) electrons. The van der Waals surface area contributed by atoms with Crippen LogP contribution in [0.25, 0.3) is 10.9 Å². The molecule has 0 bridgehead atoms. The molecule has 0 aliphatic rings. The fourth-order valence-corrected chi connectivity index (χ4v) is 2.84. The first-order valence-corrected chi connectivity index (χ1v) is 8.23. The number of fused-ring (bicyclic) bond motifs is 1. The highest BCUT2D eigenvalue weighted by molar-refractivity contribution is 5.98. The van der Waals surface area contributed by atoms with Crippen LogP contribution in [-0.4, -0.2) is 30.0 Å². The summed E-state index contributed by atoms with van der Waals surface area (Å²) in [5, 5.41) is 3.95. The first-order valence-electron chi connectivity index (χ1n) is 8.23. The van der Waals surface area contributed by atoms with Gasteiger partial charge in [-0.1, -0.05) is 18.2 Å². The summed E-state index contributed by atoms with van der Waals surface area (Å²) in [5.41, 5.74) is 4.38. The van der Waals surface area contributed by atoms with Crippen LogP contribution in [-0.2, 0) is 6.54 Å². The van der Waals surface area contributed by atoms with Crippen LogP contribution in [0, 0.1) is 13.8 Å². The molecule has 0 saturated heterocycles. The van der Waals surface area contributed by atoms with Crippen LogP contribution in [0.5, 0.6) is 0 Å². The van der Waals surface area contributed by atoms with Crippen molar-refractivity contribution in [1.29, 1.82) is 0 Å². The summed E-state index contributed by atoms with van der Waals surface area (Å²) in [6.07, 6.45) is 1.75. The predicted molar refractivity (Wildman–Crippen MR) is 101 cm³/mol. The molecule has 1 N–H and O–H groups in total. The minimum atomic E-state index is -0.124. The van der Waals surface area contributed by atoms with Crippen LogP contribution in [0.4, 0.5) is 5.82 Å². The number of nitrogens with one attached hydrogen (secondary N) is 1. The molecule has 0 fully saturated rings. The highest BCUT2D eigenvalue weighted by atomic mass is 16.1. The zero-order chi connectivity index (χ0) is 18.0. The first kappa shape index (κ1) is 16.9. The third-order valence-corrected chi connectivity index (χ3v) is 4.14. The zero-order valence-electron chi connectivity index (χ0n) is 15.0. The second-order valence-electron chi connectivity index (χ2n) is 6.38. The van der Waals surface area contributed by atoms with Crippen molar-refractivity contribution in [1.82, 2.24) is 15.3 Å². The summed E-state index contributed by atoms with van der Waals surface area (Å²) in [5.74, 6) is 0.729. The van der Waals surface area contributed by atoms with E-state index in [1.807, 2.05) is 69.2 Å². The fraction of sp³-hybridized carbons (Fsp3) is 0.250. The Hall–Kier alpha value is -2.95. The Labute approximate surface area is 147 Å². The van der Waals surface area contributed by atoms with Crippen LogP contribution in [0.15, 0.2) is 42.6 Å². The van der Waals surface area contributed by atoms with Crippen LogP contribution in [0.1, 0.15) is 27.2 Å². The molecule has 0 atom stereocenters. The molecule has 0 spiro atoms. The van der Waals surface area contributed by atoms with Gasteiger partial charge in [0.05, 0.1) is 16.8 Å². The Bertz CT molecular complexity index is 934. The van der Waals surface area contributed by atoms with E-state index in [1.54, 1.807) is 6.20 Å². The summed E-state index contributed by atoms with van der Waals surface area (Å²) in [7, 11) is 3.88. The number of aromatic nitrogens is 2. The van der Waals surface area contributed by atoms with Crippen molar-refractivity contribution in [3.05, 3.63) is 65.0 Å². The molecule has 2 heterocycles. The average Bonchev–Trinajstić information content (AvgIpc) is 2.59. The molecule has 3 aromatic rings. The molecule has 2 aromatic heterocycles. The molecular weight excluding hydrogens is 312 g/mol. The topological polar surface area (TPSA) is 58.1 Å². The molecule has 0 aliphatic heterocycles. The Balaban J connectivity index is 1.83. The molecule has 128 valence electrons. The van der Waals surface area contributed by atoms with E-state index >= 15 is 0 Å². The summed E-state index contributed by atoms with van der Waals surface area (Å²) >= 11 is 0. The first-order chi connectivity index (χ1) is 12.0. The van der Waals surface area contributed by atoms with E-state index in [0.29, 0.717) is 12.1 Å². The summed E-state index contributed by atoms with van der Waals surface area (Å²) < 4.78 is 0. The number of benzene rings is 1. The van der Waals surface area contributed by atoms with Gasteiger partial charge in [0.2, 0.25) is 0 Å². The van der Waals surface area contributed by atoms with Gasteiger partial charge in [-0.2, -0.15) is 0 Å². The lowest BCUT2D eigenvalue weighted by molar-refractivity contribution is 0.0950. The van der Waals surface area contributed by atoms with Gasteiger partial charge in [0.15, 0.2) is 0 Å². The number of anilines is 1. The van der Waals surface area contributed by atoms with E-state index in [-0.39, 0.29) is 5.91 Å². The lowest BCUT2D eigenvalue weighted by atomic mass is 10.1. The average molecular weight is 334 g/mol. The molecule has 1 aromatic carbocycles. The van der Waals surface area contributed by atoms with Gasteiger partial charge in [-0.25, -0.2) is 4.98 Å². The van der Waals surface area contributed by atoms with Gasteiger partial charge >= 0.3 is 0 Å². The quantitative estimate of drug-likeness (QED) is 0.796. The second-order valence-corrected chi connectivity index (χ2v) is 6.38. The standard InChI is InChI=1S/C20H22N4O/c1-13-7-8-15-11-17(14(2)23-18(15)10-13)20(25)22-12-16-6-5-9-21-19(16)24(3)4/h5-11H,12H2,1-4H3,(H,22,25). The molecule has 25 heavy (non-hydrogen) atoms. The van der Waals surface area contributed by atoms with Gasteiger partial charge in [0.1, 0.15) is 5.82 Å². The Morgan fingerprint density at radius 1 is 1.16 bits per heavy atom. The van der Waals surface area contributed by atoms with Crippen LogP contribution in [0.3, 0.4) is 0 Å². The van der Waals surface area contributed by atoms with Crippen molar-refractivity contribution in [2.75, 3.05) is 19.0 Å². The van der Waals surface area contributed by atoms with Gasteiger partial charge in [0.25, 0.3) is 5.91 Å². The van der Waals surface area contributed by atoms with Gasteiger partial charge in [-0.05, 0) is 37.6 Å². The van der Waals surface area contributed by atoms with Crippen molar-refractivity contribution < 1.29 is 4.79 Å². The number of hydrogen-bond donors (Lipinski definition) is 1. The number of nitrogens with zero attached hydrogens (tertiary/aromatic N) is 3. The van der Waals surface area contributed by atoms with Crippen molar-refractivity contribution >= 4 is 22.6 Å². The van der Waals surface area contributed by atoms with E-state index in [0.717, 1.165) is 33.5 Å². The molecule has 1 amide bonds. The van der Waals surface area contributed by atoms with Gasteiger partial charge < -0.3 is 10.2 Å². The number of pyridine rings is 2. The summed E-state index contributed by atoms with van der Waals surface area (Å²) in [6, 6.07) is 11.8. The van der Waals surface area contributed by atoms with Crippen LogP contribution >= 0.6 is 0 Å². The molecule has 5 heteroatoms. The Morgan fingerprint density at radius 2 is 1.96 bits per heavy atom. The molecule has 0 unspecified atom stereocenters. The largest absolute Gasteiger partial charge is 0.362 e. The smallest absolute Gasteiger partial charge is 0.253 e. The number of carbonyl (C=O) groups is 1. The van der Waals surface area contributed by atoms with Crippen LogP contribution < -0.4 is 10.2 Å². The minimum Gasteiger partial charge on any atom is -0.362 e. The third-order valence-electron chi connectivity index (χ3n) is 4.14. The normalized spacial score (nSPS) is 10.7. The predicted octanol–water partition coefficient (Wildman–Crippen LogP) is 3.24. The molecule has 5 nitrogen and oxygen atoms in total. The fourth-order valence-electron chi connectivity index (χ4n) is 2.84. The monoisotopic (exact) mass is 334 g/mol. The number of hydrogen-bond acceptors (Lipinski definition) is 4. The molecule has 3 rings (SSSR count). The van der Waals surface area contributed by atoms with E-state index in [4.69, 9.17) is 0 Å². The summed E-state index contributed by atoms with van der Waals surface area (Å²) in [6.45, 7) is 4.32. The number of rotatable bonds is 4. The minimum absolute atomic E-state index is 0.124. The van der Waals surface area contributed by atoms with Gasteiger partial charge in [0, 0.05) is 37.8 Å². The van der Waals surface area contributed by atoms with Crippen molar-refractivity contribution in [3.63, 3.8) is 0 Å². The van der Waals surface area contributed by atoms with Crippen molar-refractivity contribution in [3.8, 4) is 0 Å². The molecule has 0 aliphatic carbocycles. The molecular formula is C20H22N4O. The van der Waals surface area contributed by atoms with E-state index in [9.17, 15) is 4.79 Å². The maximum Gasteiger partial charge on any atom is 0.253 e. The lowest BCUT2D eigenvalue weighted by Crippen LogP contribution is -2.25. The van der Waals surface area contributed by atoms with Crippen LogP contribution in [0.2, 0.25) is 0 Å². The van der Waals surface area contributed by atoms with E-state index < -0.39 is 0 Å². The SMILES string of the molecule is Cc1ccc2cc(C(=O)NCc3cccnc3N(C)C)c(C)nc2c1. The molecule has 0 saturated carbocycles. The Morgan fingerprint density at radius 3 is 2.72 bits per heavy atom. The van der Waals surface area contributed by atoms with E-state index in [1.165, 1.54) is 0 Å². The zero-order valence-corrected chi connectivity index (χ0v) is 15.0. The van der Waals surface area contributed by atoms with Gasteiger partial charge in [-0.3, -0.25) is 9.78 Å². The lowest BCUT2D eigenvalue weighted by Gasteiger charge is -2.16. The number of carbonyl (C=O) groups excluding carboxylic acids is 1. The van der Waals surface area contributed by atoms with E-state index in [2.05, 4.69) is 15.3 Å².